The van der Waals surface area contributed by atoms with Gasteiger partial charge in [0, 0.05) is 17.7 Å². The summed E-state index contributed by atoms with van der Waals surface area (Å²) in [6.45, 7) is 0. The van der Waals surface area contributed by atoms with Crippen molar-refractivity contribution in [3.63, 3.8) is 0 Å². The highest BCUT2D eigenvalue weighted by atomic mass is 35.5. The Hall–Kier alpha value is -4.37. The monoisotopic (exact) mass is 447 g/mol. The van der Waals surface area contributed by atoms with Gasteiger partial charge in [0.05, 0.1) is 37.7 Å². The molecule has 0 saturated carbocycles. The summed E-state index contributed by atoms with van der Waals surface area (Å²) in [6.07, 6.45) is 0. The van der Waals surface area contributed by atoms with Crippen LogP contribution in [0.1, 0.15) is 20.7 Å². The number of nitrogens with zero attached hydrogens (tertiary/aromatic N) is 3. The number of benzene rings is 3. The summed E-state index contributed by atoms with van der Waals surface area (Å²) in [6, 6.07) is 14.5. The van der Waals surface area contributed by atoms with Crippen molar-refractivity contribution < 1.29 is 18.9 Å². The molecule has 156 valence electrons. The molecule has 0 N–H and O–H groups in total. The number of hydrogen-bond acceptors (Lipinski definition) is 7. The first-order valence-corrected chi connectivity index (χ1v) is 9.60. The fourth-order valence-corrected chi connectivity index (χ4v) is 3.78. The van der Waals surface area contributed by atoms with Crippen LogP contribution in [0.15, 0.2) is 69.9 Å². The van der Waals surface area contributed by atoms with Gasteiger partial charge >= 0.3 is 5.63 Å². The maximum absolute atomic E-state index is 13.0. The molecule has 1 aliphatic rings. The Labute approximate surface area is 183 Å². The number of fused-ring (bicyclic) bond motifs is 2. The standard InChI is InChI=1S/C22H10ClN3O6/c23-16-10-12(26(30)31)6-8-18(16)25-20(27)13-7-5-11(9-15(13)21(25)28)19-24-17-4-2-1-3-14(17)22(29)32-19/h1-10H. The van der Waals surface area contributed by atoms with Crippen molar-refractivity contribution in [2.75, 3.05) is 4.90 Å². The van der Waals surface area contributed by atoms with Crippen LogP contribution in [0.2, 0.25) is 5.02 Å². The number of anilines is 1. The maximum atomic E-state index is 13.0. The highest BCUT2D eigenvalue weighted by Gasteiger charge is 2.38. The van der Waals surface area contributed by atoms with Crippen LogP contribution in [0.5, 0.6) is 0 Å². The number of para-hydroxylation sites is 1. The van der Waals surface area contributed by atoms with E-state index in [1.54, 1.807) is 24.3 Å². The molecule has 2 heterocycles. The number of imide groups is 1. The van der Waals surface area contributed by atoms with Gasteiger partial charge in [0.15, 0.2) is 0 Å². The predicted octanol–water partition coefficient (Wildman–Crippen LogP) is 4.22. The maximum Gasteiger partial charge on any atom is 0.347 e. The van der Waals surface area contributed by atoms with Gasteiger partial charge < -0.3 is 4.42 Å². The number of amides is 2. The number of carbonyl (C=O) groups excluding carboxylic acids is 2. The molecule has 4 aromatic rings. The van der Waals surface area contributed by atoms with Crippen LogP contribution in [0.25, 0.3) is 22.4 Å². The van der Waals surface area contributed by atoms with Gasteiger partial charge in [0.2, 0.25) is 5.89 Å². The summed E-state index contributed by atoms with van der Waals surface area (Å²) in [5.74, 6) is -1.28. The van der Waals surface area contributed by atoms with E-state index in [4.69, 9.17) is 16.0 Å². The molecule has 32 heavy (non-hydrogen) atoms. The zero-order valence-electron chi connectivity index (χ0n) is 15.9. The molecule has 0 atom stereocenters. The van der Waals surface area contributed by atoms with Crippen LogP contribution in [0, 0.1) is 10.1 Å². The van der Waals surface area contributed by atoms with E-state index < -0.39 is 22.4 Å². The zero-order chi connectivity index (χ0) is 22.6. The van der Waals surface area contributed by atoms with Crippen molar-refractivity contribution >= 4 is 45.7 Å². The third-order valence-electron chi connectivity index (χ3n) is 5.05. The van der Waals surface area contributed by atoms with Crippen molar-refractivity contribution in [1.29, 1.82) is 0 Å². The van der Waals surface area contributed by atoms with Crippen molar-refractivity contribution in [3.8, 4) is 11.5 Å². The quantitative estimate of drug-likeness (QED) is 0.261. The fourth-order valence-electron chi connectivity index (χ4n) is 3.53. The van der Waals surface area contributed by atoms with Crippen LogP contribution in [-0.2, 0) is 0 Å². The summed E-state index contributed by atoms with van der Waals surface area (Å²) in [5, 5.41) is 11.1. The Kier molecular flexibility index (Phi) is 4.35. The topological polar surface area (TPSA) is 124 Å². The Morgan fingerprint density at radius 3 is 2.44 bits per heavy atom. The lowest BCUT2D eigenvalue weighted by atomic mass is 10.1. The number of hydrogen-bond donors (Lipinski definition) is 0. The SMILES string of the molecule is O=C1c2ccc(-c3nc4ccccc4c(=O)o3)cc2C(=O)N1c1ccc([N+](=O)[O-])cc1Cl. The molecule has 9 nitrogen and oxygen atoms in total. The number of carbonyl (C=O) groups is 2. The Morgan fingerprint density at radius 1 is 0.938 bits per heavy atom. The molecular weight excluding hydrogens is 438 g/mol. The van der Waals surface area contributed by atoms with Crippen molar-refractivity contribution in [3.05, 3.63) is 97.3 Å². The Balaban J connectivity index is 1.58. The van der Waals surface area contributed by atoms with E-state index in [1.807, 2.05) is 0 Å². The highest BCUT2D eigenvalue weighted by Crippen LogP contribution is 2.36. The van der Waals surface area contributed by atoms with E-state index in [0.29, 0.717) is 16.5 Å². The number of non-ortho nitro benzene ring substituents is 1. The molecule has 3 aromatic carbocycles. The van der Waals surface area contributed by atoms with Gasteiger partial charge in [0.1, 0.15) is 0 Å². The van der Waals surface area contributed by atoms with E-state index >= 15 is 0 Å². The van der Waals surface area contributed by atoms with E-state index in [-0.39, 0.29) is 33.4 Å². The number of rotatable bonds is 3. The average Bonchev–Trinajstić information content (AvgIpc) is 3.03. The average molecular weight is 448 g/mol. The second-order valence-corrected chi connectivity index (χ2v) is 7.33. The lowest BCUT2D eigenvalue weighted by Crippen LogP contribution is -2.29. The molecule has 0 bridgehead atoms. The van der Waals surface area contributed by atoms with E-state index in [1.165, 1.54) is 24.3 Å². The molecule has 1 aromatic heterocycles. The first kappa shape index (κ1) is 19.6. The van der Waals surface area contributed by atoms with Gasteiger partial charge in [-0.15, -0.1) is 0 Å². The van der Waals surface area contributed by atoms with Crippen molar-refractivity contribution in [1.82, 2.24) is 4.98 Å². The summed E-state index contributed by atoms with van der Waals surface area (Å²) in [7, 11) is 0. The van der Waals surface area contributed by atoms with Gasteiger partial charge in [-0.25, -0.2) is 14.7 Å². The highest BCUT2D eigenvalue weighted by molar-refractivity contribution is 6.40. The van der Waals surface area contributed by atoms with Gasteiger partial charge in [-0.1, -0.05) is 23.7 Å². The largest absolute Gasteiger partial charge is 0.403 e. The molecular formula is C22H10ClN3O6. The van der Waals surface area contributed by atoms with Gasteiger partial charge in [-0.05, 0) is 36.4 Å². The minimum absolute atomic E-state index is 0.00330. The lowest BCUT2D eigenvalue weighted by Gasteiger charge is -2.15. The number of nitro benzene ring substituents is 1. The minimum Gasteiger partial charge on any atom is -0.403 e. The van der Waals surface area contributed by atoms with Crippen LogP contribution in [0.3, 0.4) is 0 Å². The molecule has 0 saturated heterocycles. The Morgan fingerprint density at radius 2 is 1.69 bits per heavy atom. The smallest absolute Gasteiger partial charge is 0.347 e. The van der Waals surface area contributed by atoms with Gasteiger partial charge in [0.25, 0.3) is 17.5 Å². The molecule has 10 heteroatoms. The molecule has 5 rings (SSSR count). The summed E-state index contributed by atoms with van der Waals surface area (Å²) in [4.78, 5) is 53.7. The number of aromatic nitrogens is 1. The molecule has 0 spiro atoms. The second-order valence-electron chi connectivity index (χ2n) is 6.92. The van der Waals surface area contributed by atoms with Gasteiger partial charge in [-0.2, -0.15) is 0 Å². The number of halogens is 1. The van der Waals surface area contributed by atoms with Crippen molar-refractivity contribution in [2.45, 2.75) is 0 Å². The van der Waals surface area contributed by atoms with Gasteiger partial charge in [-0.3, -0.25) is 19.7 Å². The summed E-state index contributed by atoms with van der Waals surface area (Å²) < 4.78 is 5.30. The second kappa shape index (κ2) is 7.10. The van der Waals surface area contributed by atoms with Crippen LogP contribution >= 0.6 is 11.6 Å². The number of nitro groups is 1. The third-order valence-corrected chi connectivity index (χ3v) is 5.35. The molecule has 0 unspecified atom stereocenters. The minimum atomic E-state index is -0.661. The van der Waals surface area contributed by atoms with E-state index in [2.05, 4.69) is 4.98 Å². The van der Waals surface area contributed by atoms with E-state index in [0.717, 1.165) is 17.0 Å². The lowest BCUT2D eigenvalue weighted by molar-refractivity contribution is -0.384. The van der Waals surface area contributed by atoms with Crippen molar-refractivity contribution in [2.24, 2.45) is 0 Å². The predicted molar refractivity (Wildman–Crippen MR) is 115 cm³/mol. The fraction of sp³-hybridized carbons (Fsp3) is 0. The van der Waals surface area contributed by atoms with Crippen LogP contribution in [-0.4, -0.2) is 21.7 Å². The normalized spacial score (nSPS) is 13.0. The zero-order valence-corrected chi connectivity index (χ0v) is 16.7. The first-order valence-electron chi connectivity index (χ1n) is 9.22. The molecule has 1 aliphatic heterocycles. The first-order chi connectivity index (χ1) is 15.3. The molecule has 2 amide bonds. The summed E-state index contributed by atoms with van der Waals surface area (Å²) in [5.41, 5.74) is 0.143. The van der Waals surface area contributed by atoms with Crippen LogP contribution in [0.4, 0.5) is 11.4 Å². The summed E-state index contributed by atoms with van der Waals surface area (Å²) >= 11 is 6.12. The third kappa shape index (κ3) is 2.95. The molecule has 0 radical (unpaired) electrons. The molecule has 0 aliphatic carbocycles. The Bertz CT molecular complexity index is 1540. The van der Waals surface area contributed by atoms with Crippen LogP contribution < -0.4 is 10.5 Å². The van der Waals surface area contributed by atoms with E-state index in [9.17, 15) is 24.5 Å². The molecule has 0 fully saturated rings.